The molecule has 3 heterocycles. The Balaban J connectivity index is 2.00. The first-order valence-corrected chi connectivity index (χ1v) is 7.71. The van der Waals surface area contributed by atoms with Crippen LogP contribution in [-0.4, -0.2) is 47.1 Å². The van der Waals surface area contributed by atoms with Crippen LogP contribution in [0.3, 0.4) is 0 Å². The minimum atomic E-state index is -0.192. The van der Waals surface area contributed by atoms with Crippen LogP contribution in [0.4, 0.5) is 0 Å². The summed E-state index contributed by atoms with van der Waals surface area (Å²) in [4.78, 5) is 34.5. The number of ether oxygens (including phenoxy) is 1. The Labute approximate surface area is 125 Å². The molecule has 1 N–H and O–H groups in total. The van der Waals surface area contributed by atoms with Gasteiger partial charge in [0.25, 0.3) is 11.5 Å². The van der Waals surface area contributed by atoms with Gasteiger partial charge in [-0.2, -0.15) is 0 Å². The molecule has 0 radical (unpaired) electrons. The van der Waals surface area contributed by atoms with Gasteiger partial charge < -0.3 is 14.6 Å². The van der Waals surface area contributed by atoms with Crippen molar-refractivity contribution in [3.8, 4) is 0 Å². The number of amides is 1. The highest BCUT2D eigenvalue weighted by Crippen LogP contribution is 2.30. The molecular formula is C14H17N3O3S. The number of hydrogen-bond donors (Lipinski definition) is 1. The van der Waals surface area contributed by atoms with Crippen LogP contribution in [0.5, 0.6) is 0 Å². The molecule has 6 nitrogen and oxygen atoms in total. The van der Waals surface area contributed by atoms with Crippen molar-refractivity contribution >= 4 is 27.5 Å². The first-order valence-electron chi connectivity index (χ1n) is 6.90. The highest BCUT2D eigenvalue weighted by atomic mass is 32.1. The molecule has 1 fully saturated rings. The zero-order valence-electron chi connectivity index (χ0n) is 12.0. The van der Waals surface area contributed by atoms with Crippen LogP contribution in [0.25, 0.3) is 10.2 Å². The van der Waals surface area contributed by atoms with Crippen LogP contribution in [0.15, 0.2) is 11.1 Å². The second-order valence-electron chi connectivity index (χ2n) is 5.22. The van der Waals surface area contributed by atoms with E-state index in [4.69, 9.17) is 4.74 Å². The quantitative estimate of drug-likeness (QED) is 0.933. The van der Waals surface area contributed by atoms with Crippen molar-refractivity contribution in [2.45, 2.75) is 25.8 Å². The highest BCUT2D eigenvalue weighted by Gasteiger charge is 2.31. The number of aromatic nitrogens is 2. The summed E-state index contributed by atoms with van der Waals surface area (Å²) in [5.41, 5.74) is 0.528. The molecule has 1 aliphatic rings. The average molecular weight is 307 g/mol. The van der Waals surface area contributed by atoms with Crippen LogP contribution < -0.4 is 5.56 Å². The van der Waals surface area contributed by atoms with E-state index < -0.39 is 0 Å². The van der Waals surface area contributed by atoms with Crippen molar-refractivity contribution < 1.29 is 9.53 Å². The Morgan fingerprint density at radius 3 is 3.14 bits per heavy atom. The van der Waals surface area contributed by atoms with Crippen molar-refractivity contribution in [2.75, 3.05) is 20.3 Å². The van der Waals surface area contributed by atoms with E-state index in [2.05, 4.69) is 9.97 Å². The Morgan fingerprint density at radius 1 is 1.62 bits per heavy atom. The molecule has 7 heteroatoms. The van der Waals surface area contributed by atoms with Gasteiger partial charge in [-0.1, -0.05) is 0 Å². The summed E-state index contributed by atoms with van der Waals surface area (Å²) in [6.45, 7) is 3.10. The van der Waals surface area contributed by atoms with E-state index in [9.17, 15) is 9.59 Å². The molecule has 1 amide bonds. The zero-order valence-corrected chi connectivity index (χ0v) is 12.8. The third-order valence-electron chi connectivity index (χ3n) is 3.92. The van der Waals surface area contributed by atoms with Gasteiger partial charge in [-0.3, -0.25) is 9.59 Å². The Morgan fingerprint density at radius 2 is 2.43 bits per heavy atom. The zero-order chi connectivity index (χ0) is 15.0. The van der Waals surface area contributed by atoms with E-state index >= 15 is 0 Å². The normalized spacial score (nSPS) is 18.6. The molecule has 1 unspecified atom stereocenters. The van der Waals surface area contributed by atoms with Gasteiger partial charge in [0.1, 0.15) is 4.83 Å². The van der Waals surface area contributed by atoms with Crippen LogP contribution in [0.2, 0.25) is 0 Å². The maximum absolute atomic E-state index is 12.8. The summed E-state index contributed by atoms with van der Waals surface area (Å²) in [7, 11) is 1.65. The van der Waals surface area contributed by atoms with Gasteiger partial charge in [0.15, 0.2) is 0 Å². The van der Waals surface area contributed by atoms with Gasteiger partial charge in [0.05, 0.1) is 29.2 Å². The predicted molar refractivity (Wildman–Crippen MR) is 80.9 cm³/mol. The second-order valence-corrected chi connectivity index (χ2v) is 6.22. The summed E-state index contributed by atoms with van der Waals surface area (Å²) in [5, 5.41) is 0.522. The number of aryl methyl sites for hydroxylation is 1. The fraction of sp³-hybridized carbons (Fsp3) is 0.500. The molecule has 2 aromatic rings. The largest absolute Gasteiger partial charge is 0.383 e. The molecule has 112 valence electrons. The van der Waals surface area contributed by atoms with E-state index in [1.807, 2.05) is 11.8 Å². The van der Waals surface area contributed by atoms with Gasteiger partial charge in [-0.05, 0) is 25.3 Å². The van der Waals surface area contributed by atoms with Crippen molar-refractivity contribution in [2.24, 2.45) is 0 Å². The van der Waals surface area contributed by atoms with Gasteiger partial charge >= 0.3 is 0 Å². The molecule has 0 aliphatic carbocycles. The van der Waals surface area contributed by atoms with Crippen molar-refractivity contribution in [3.63, 3.8) is 0 Å². The number of rotatable bonds is 3. The summed E-state index contributed by atoms with van der Waals surface area (Å²) in [5.74, 6) is -0.0190. The molecule has 0 bridgehead atoms. The lowest BCUT2D eigenvalue weighted by Crippen LogP contribution is -2.38. The predicted octanol–water partition coefficient (Wildman–Crippen LogP) is 1.54. The molecule has 1 aliphatic heterocycles. The number of fused-ring (bicyclic) bond motifs is 1. The number of H-pyrrole nitrogens is 1. The third kappa shape index (κ3) is 2.36. The van der Waals surface area contributed by atoms with Crippen LogP contribution in [-0.2, 0) is 4.74 Å². The summed E-state index contributed by atoms with van der Waals surface area (Å²) >= 11 is 1.29. The first-order chi connectivity index (χ1) is 10.1. The molecule has 3 rings (SSSR count). The number of likely N-dealkylation sites (tertiary alicyclic amines) is 1. The molecule has 1 saturated heterocycles. The number of thiophene rings is 1. The minimum absolute atomic E-state index is 0.0190. The number of aromatic amines is 1. The van der Waals surface area contributed by atoms with E-state index in [0.29, 0.717) is 21.7 Å². The highest BCUT2D eigenvalue weighted by molar-refractivity contribution is 7.20. The maximum atomic E-state index is 12.8. The lowest BCUT2D eigenvalue weighted by molar-refractivity contribution is 0.0634. The monoisotopic (exact) mass is 307 g/mol. The smallest absolute Gasteiger partial charge is 0.264 e. The van der Waals surface area contributed by atoms with Gasteiger partial charge in [0, 0.05) is 13.7 Å². The SMILES string of the molecule is COCC1CCCN1C(=O)c1sc2nc[nH]c(=O)c2c1C. The lowest BCUT2D eigenvalue weighted by atomic mass is 10.2. The number of nitrogens with zero attached hydrogens (tertiary/aromatic N) is 2. The Bertz CT molecular complexity index is 737. The fourth-order valence-electron chi connectivity index (χ4n) is 2.88. The van der Waals surface area contributed by atoms with Crippen LogP contribution >= 0.6 is 11.3 Å². The molecule has 21 heavy (non-hydrogen) atoms. The van der Waals surface area contributed by atoms with Crippen molar-refractivity contribution in [1.29, 1.82) is 0 Å². The Kier molecular flexibility index (Phi) is 3.77. The van der Waals surface area contributed by atoms with Crippen LogP contribution in [0.1, 0.15) is 28.1 Å². The molecule has 0 spiro atoms. The molecule has 0 saturated carbocycles. The maximum Gasteiger partial charge on any atom is 0.264 e. The van der Waals surface area contributed by atoms with E-state index in [-0.39, 0.29) is 17.5 Å². The molecule has 2 aromatic heterocycles. The van der Waals surface area contributed by atoms with E-state index in [1.165, 1.54) is 17.7 Å². The topological polar surface area (TPSA) is 75.3 Å². The standard InChI is InChI=1S/C14H17N3O3S/c1-8-10-12(18)15-7-16-13(10)21-11(8)14(19)17-5-3-4-9(17)6-20-2/h7,9H,3-6H2,1-2H3,(H,15,16,18). The third-order valence-corrected chi connectivity index (χ3v) is 5.11. The average Bonchev–Trinajstić information content (AvgIpc) is 3.04. The summed E-state index contributed by atoms with van der Waals surface area (Å²) in [6.07, 6.45) is 3.32. The number of nitrogens with one attached hydrogen (secondary N) is 1. The fourth-order valence-corrected chi connectivity index (χ4v) is 3.99. The Hall–Kier alpha value is -1.73. The number of carbonyl (C=O) groups excluding carboxylic acids is 1. The van der Waals surface area contributed by atoms with Gasteiger partial charge in [-0.15, -0.1) is 11.3 Å². The lowest BCUT2D eigenvalue weighted by Gasteiger charge is -2.23. The first kappa shape index (κ1) is 14.2. The number of carbonyl (C=O) groups is 1. The second kappa shape index (κ2) is 5.57. The number of hydrogen-bond acceptors (Lipinski definition) is 5. The number of methoxy groups -OCH3 is 1. The van der Waals surface area contributed by atoms with Gasteiger partial charge in [-0.25, -0.2) is 4.98 Å². The van der Waals surface area contributed by atoms with E-state index in [1.54, 1.807) is 7.11 Å². The molecule has 0 aromatic carbocycles. The van der Waals surface area contributed by atoms with Crippen LogP contribution in [0, 0.1) is 6.92 Å². The van der Waals surface area contributed by atoms with Gasteiger partial charge in [0.2, 0.25) is 0 Å². The van der Waals surface area contributed by atoms with E-state index in [0.717, 1.165) is 24.9 Å². The minimum Gasteiger partial charge on any atom is -0.383 e. The molecule has 1 atom stereocenters. The molecular weight excluding hydrogens is 290 g/mol. The summed E-state index contributed by atoms with van der Waals surface area (Å²) < 4.78 is 5.19. The van der Waals surface area contributed by atoms with Crippen molar-refractivity contribution in [3.05, 3.63) is 27.1 Å². The van der Waals surface area contributed by atoms with Crippen molar-refractivity contribution in [1.82, 2.24) is 14.9 Å². The summed E-state index contributed by atoms with van der Waals surface area (Å²) in [6, 6.07) is 0.123.